The summed E-state index contributed by atoms with van der Waals surface area (Å²) in [6.07, 6.45) is -0.657. The Morgan fingerprint density at radius 2 is 2.11 bits per heavy atom. The van der Waals surface area contributed by atoms with Crippen LogP contribution in [0.5, 0.6) is 5.75 Å². The van der Waals surface area contributed by atoms with Crippen molar-refractivity contribution in [1.29, 1.82) is 0 Å². The largest absolute Gasteiger partial charge is 0.490 e. The normalized spacial score (nSPS) is 14.8. The van der Waals surface area contributed by atoms with E-state index < -0.39 is 6.10 Å². The van der Waals surface area contributed by atoms with Gasteiger partial charge in [0.2, 0.25) is 0 Å². The maximum absolute atomic E-state index is 9.97. The van der Waals surface area contributed by atoms with Crippen LogP contribution in [-0.4, -0.2) is 28.8 Å². The van der Waals surface area contributed by atoms with Crippen molar-refractivity contribution in [3.05, 3.63) is 30.0 Å². The maximum atomic E-state index is 9.97. The first-order valence-corrected chi connectivity index (χ1v) is 6.64. The summed E-state index contributed by atoms with van der Waals surface area (Å²) in [5.74, 6) is 1.00. The van der Waals surface area contributed by atoms with E-state index in [0.29, 0.717) is 0 Å². The third-order valence-electron chi connectivity index (χ3n) is 3.38. The number of rotatable bonds is 5. The highest BCUT2D eigenvalue weighted by Gasteiger charge is 2.19. The SMILES string of the molecule is Cc1cc2c(OCC(O)C(N)C(C)C)cccc2[nH]1. The molecule has 104 valence electrons. The molecule has 0 bridgehead atoms. The van der Waals surface area contributed by atoms with Gasteiger partial charge < -0.3 is 20.6 Å². The number of fused-ring (bicyclic) bond motifs is 1. The van der Waals surface area contributed by atoms with Crippen molar-refractivity contribution in [3.8, 4) is 5.75 Å². The number of nitrogens with one attached hydrogen (secondary N) is 1. The van der Waals surface area contributed by atoms with Gasteiger partial charge in [-0.25, -0.2) is 0 Å². The summed E-state index contributed by atoms with van der Waals surface area (Å²) in [6.45, 7) is 6.20. The van der Waals surface area contributed by atoms with E-state index in [9.17, 15) is 5.11 Å². The Hall–Kier alpha value is -1.52. The van der Waals surface area contributed by atoms with E-state index in [-0.39, 0.29) is 18.6 Å². The molecule has 1 heterocycles. The predicted octanol–water partition coefficient (Wildman–Crippen LogP) is 2.20. The molecule has 0 aliphatic heterocycles. The number of benzene rings is 1. The summed E-state index contributed by atoms with van der Waals surface area (Å²) in [7, 11) is 0. The third kappa shape index (κ3) is 3.08. The van der Waals surface area contributed by atoms with Crippen LogP contribution in [-0.2, 0) is 0 Å². The molecular weight excluding hydrogens is 240 g/mol. The minimum absolute atomic E-state index is 0.211. The number of aromatic nitrogens is 1. The molecule has 0 saturated heterocycles. The van der Waals surface area contributed by atoms with Crippen molar-refractivity contribution in [1.82, 2.24) is 4.98 Å². The molecular formula is C15H22N2O2. The molecule has 0 fully saturated rings. The first-order valence-electron chi connectivity index (χ1n) is 6.64. The van der Waals surface area contributed by atoms with Crippen LogP contribution in [0.15, 0.2) is 24.3 Å². The molecule has 2 rings (SSSR count). The highest BCUT2D eigenvalue weighted by Crippen LogP contribution is 2.26. The number of aryl methyl sites for hydroxylation is 1. The van der Waals surface area contributed by atoms with E-state index in [1.165, 1.54) is 0 Å². The van der Waals surface area contributed by atoms with Gasteiger partial charge in [-0.15, -0.1) is 0 Å². The van der Waals surface area contributed by atoms with E-state index >= 15 is 0 Å². The van der Waals surface area contributed by atoms with Crippen LogP contribution >= 0.6 is 0 Å². The van der Waals surface area contributed by atoms with Crippen LogP contribution in [0.3, 0.4) is 0 Å². The lowest BCUT2D eigenvalue weighted by atomic mass is 10.0. The summed E-state index contributed by atoms with van der Waals surface area (Å²) in [5.41, 5.74) is 8.03. The van der Waals surface area contributed by atoms with Crippen molar-refractivity contribution < 1.29 is 9.84 Å². The highest BCUT2D eigenvalue weighted by molar-refractivity contribution is 5.86. The summed E-state index contributed by atoms with van der Waals surface area (Å²) in [6, 6.07) is 7.61. The van der Waals surface area contributed by atoms with Crippen LogP contribution in [0.2, 0.25) is 0 Å². The van der Waals surface area contributed by atoms with Gasteiger partial charge in [-0.2, -0.15) is 0 Å². The third-order valence-corrected chi connectivity index (χ3v) is 3.38. The van der Waals surface area contributed by atoms with E-state index in [2.05, 4.69) is 4.98 Å². The summed E-state index contributed by atoms with van der Waals surface area (Å²) in [5, 5.41) is 11.0. The van der Waals surface area contributed by atoms with E-state index in [1.54, 1.807) is 0 Å². The van der Waals surface area contributed by atoms with Gasteiger partial charge in [-0.05, 0) is 31.0 Å². The fraction of sp³-hybridized carbons (Fsp3) is 0.467. The lowest BCUT2D eigenvalue weighted by Gasteiger charge is -2.22. The average molecular weight is 262 g/mol. The second-order valence-electron chi connectivity index (χ2n) is 5.37. The Balaban J connectivity index is 2.09. The van der Waals surface area contributed by atoms with Crippen molar-refractivity contribution in [3.63, 3.8) is 0 Å². The summed E-state index contributed by atoms with van der Waals surface area (Å²) < 4.78 is 5.72. The van der Waals surface area contributed by atoms with Crippen LogP contribution in [0.1, 0.15) is 19.5 Å². The Morgan fingerprint density at radius 3 is 2.79 bits per heavy atom. The minimum atomic E-state index is -0.657. The molecule has 0 amide bonds. The lowest BCUT2D eigenvalue weighted by molar-refractivity contribution is 0.0722. The van der Waals surface area contributed by atoms with Gasteiger partial charge in [-0.3, -0.25) is 0 Å². The maximum Gasteiger partial charge on any atom is 0.128 e. The Labute approximate surface area is 113 Å². The zero-order valence-electron chi connectivity index (χ0n) is 11.7. The predicted molar refractivity (Wildman–Crippen MR) is 77.4 cm³/mol. The molecule has 0 spiro atoms. The van der Waals surface area contributed by atoms with Gasteiger partial charge in [0.15, 0.2) is 0 Å². The Kier molecular flexibility index (Phi) is 4.12. The fourth-order valence-electron chi connectivity index (χ4n) is 2.12. The molecule has 2 aromatic rings. The van der Waals surface area contributed by atoms with Crippen molar-refractivity contribution in [2.45, 2.75) is 32.9 Å². The molecule has 1 aromatic carbocycles. The van der Waals surface area contributed by atoms with Gasteiger partial charge >= 0.3 is 0 Å². The monoisotopic (exact) mass is 262 g/mol. The zero-order chi connectivity index (χ0) is 14.0. The molecule has 1 aromatic heterocycles. The number of nitrogens with two attached hydrogens (primary N) is 1. The number of ether oxygens (including phenoxy) is 1. The topological polar surface area (TPSA) is 71.3 Å². The number of aliphatic hydroxyl groups excluding tert-OH is 1. The van der Waals surface area contributed by atoms with Crippen LogP contribution in [0, 0.1) is 12.8 Å². The summed E-state index contributed by atoms with van der Waals surface area (Å²) >= 11 is 0. The van der Waals surface area contributed by atoms with Crippen molar-refractivity contribution >= 4 is 10.9 Å². The number of H-pyrrole nitrogens is 1. The Bertz CT molecular complexity index is 548. The first-order chi connectivity index (χ1) is 8.99. The number of aliphatic hydroxyl groups is 1. The first kappa shape index (κ1) is 13.9. The number of hydrogen-bond acceptors (Lipinski definition) is 3. The standard InChI is InChI=1S/C15H22N2O2/c1-9(2)15(16)13(18)8-19-14-6-4-5-12-11(14)7-10(3)17-12/h4-7,9,13,15,17-18H,8,16H2,1-3H3. The number of aromatic amines is 1. The second kappa shape index (κ2) is 5.63. The smallest absolute Gasteiger partial charge is 0.128 e. The highest BCUT2D eigenvalue weighted by atomic mass is 16.5. The van der Waals surface area contributed by atoms with E-state index in [4.69, 9.17) is 10.5 Å². The van der Waals surface area contributed by atoms with Crippen LogP contribution < -0.4 is 10.5 Å². The van der Waals surface area contributed by atoms with Gasteiger partial charge in [0, 0.05) is 22.6 Å². The Morgan fingerprint density at radius 1 is 1.37 bits per heavy atom. The number of hydrogen-bond donors (Lipinski definition) is 3. The van der Waals surface area contributed by atoms with Crippen LogP contribution in [0.25, 0.3) is 10.9 Å². The van der Waals surface area contributed by atoms with E-state index in [1.807, 2.05) is 45.0 Å². The zero-order valence-corrected chi connectivity index (χ0v) is 11.7. The molecule has 19 heavy (non-hydrogen) atoms. The molecule has 0 aliphatic carbocycles. The molecule has 0 aliphatic rings. The van der Waals surface area contributed by atoms with E-state index in [0.717, 1.165) is 22.3 Å². The van der Waals surface area contributed by atoms with Gasteiger partial charge in [0.1, 0.15) is 18.5 Å². The lowest BCUT2D eigenvalue weighted by Crippen LogP contribution is -2.42. The molecule has 4 nitrogen and oxygen atoms in total. The molecule has 0 radical (unpaired) electrons. The van der Waals surface area contributed by atoms with Gasteiger partial charge in [0.05, 0.1) is 0 Å². The fourth-order valence-corrected chi connectivity index (χ4v) is 2.12. The molecule has 4 heteroatoms. The van der Waals surface area contributed by atoms with Gasteiger partial charge in [0.25, 0.3) is 0 Å². The van der Waals surface area contributed by atoms with Gasteiger partial charge in [-0.1, -0.05) is 19.9 Å². The summed E-state index contributed by atoms with van der Waals surface area (Å²) in [4.78, 5) is 3.26. The van der Waals surface area contributed by atoms with Crippen LogP contribution in [0.4, 0.5) is 0 Å². The van der Waals surface area contributed by atoms with Crippen molar-refractivity contribution in [2.24, 2.45) is 11.7 Å². The quantitative estimate of drug-likeness (QED) is 0.773. The molecule has 4 N–H and O–H groups in total. The molecule has 2 unspecified atom stereocenters. The minimum Gasteiger partial charge on any atom is -0.490 e. The average Bonchev–Trinajstić information content (AvgIpc) is 2.75. The second-order valence-corrected chi connectivity index (χ2v) is 5.37. The molecule has 0 saturated carbocycles. The van der Waals surface area contributed by atoms with Crippen molar-refractivity contribution in [2.75, 3.05) is 6.61 Å². The molecule has 2 atom stereocenters.